The highest BCUT2D eigenvalue weighted by molar-refractivity contribution is 7.90. The van der Waals surface area contributed by atoms with Crippen LogP contribution < -0.4 is 5.32 Å². The first kappa shape index (κ1) is 20.5. The van der Waals surface area contributed by atoms with Gasteiger partial charge in [-0.15, -0.1) is 0 Å². The summed E-state index contributed by atoms with van der Waals surface area (Å²) in [7, 11) is -2.77. The minimum absolute atomic E-state index is 0.0953. The van der Waals surface area contributed by atoms with E-state index in [1.165, 1.54) is 23.7 Å². The molecule has 0 aliphatic carbocycles. The summed E-state index contributed by atoms with van der Waals surface area (Å²) in [5.74, 6) is -2.02. The van der Waals surface area contributed by atoms with Crippen LogP contribution in [0.25, 0.3) is 11.3 Å². The number of aryl methyl sites for hydroxylation is 1. The summed E-state index contributed by atoms with van der Waals surface area (Å²) >= 11 is 0. The molecule has 0 atom stereocenters. The summed E-state index contributed by atoms with van der Waals surface area (Å²) in [6, 6.07) is 2.56. The second-order valence-corrected chi connectivity index (χ2v) is 7.94. The highest BCUT2D eigenvalue weighted by Gasteiger charge is 2.30. The van der Waals surface area contributed by atoms with E-state index in [-0.39, 0.29) is 29.0 Å². The maximum absolute atomic E-state index is 15.2. The minimum Gasteiger partial charge on any atom is -0.465 e. The molecule has 0 saturated heterocycles. The van der Waals surface area contributed by atoms with Crippen molar-refractivity contribution in [2.45, 2.75) is 18.2 Å². The normalized spacial score (nSPS) is 11.6. The lowest BCUT2D eigenvalue weighted by molar-refractivity contribution is 0.194. The van der Waals surface area contributed by atoms with Crippen LogP contribution in [0.1, 0.15) is 11.3 Å². The third-order valence-corrected chi connectivity index (χ3v) is 6.16. The monoisotopic (exact) mass is 425 g/mol. The highest BCUT2D eigenvalue weighted by atomic mass is 32.2. The molecule has 29 heavy (non-hydrogen) atoms. The van der Waals surface area contributed by atoms with Gasteiger partial charge >= 0.3 is 6.09 Å². The number of carboxylic acid groups (broad SMARTS) is 1. The number of amides is 1. The standard InChI is InChI=1S/C17H17F2N5O4S/c1-10-13(8-22-23(10)2)29(27,28)24-9-11(5-7-21-17(25)26)14(18)15(24)12-4-3-6-20-16(12)19/h3-4,6,8-9,21H,5,7H2,1-2H3,(H,25,26). The molecule has 154 valence electrons. The molecule has 0 spiro atoms. The van der Waals surface area contributed by atoms with Gasteiger partial charge in [-0.3, -0.25) is 4.68 Å². The zero-order valence-electron chi connectivity index (χ0n) is 15.4. The molecule has 3 aromatic rings. The van der Waals surface area contributed by atoms with Crippen LogP contribution in [0.3, 0.4) is 0 Å². The molecule has 9 nitrogen and oxygen atoms in total. The maximum atomic E-state index is 15.2. The Bertz CT molecular complexity index is 1190. The Balaban J connectivity index is 2.21. The van der Waals surface area contributed by atoms with Crippen LogP contribution in [0.5, 0.6) is 0 Å². The average molecular weight is 425 g/mol. The zero-order valence-corrected chi connectivity index (χ0v) is 16.2. The van der Waals surface area contributed by atoms with Crippen molar-refractivity contribution in [3.8, 4) is 11.3 Å². The summed E-state index contributed by atoms with van der Waals surface area (Å²) in [6.45, 7) is 1.37. The van der Waals surface area contributed by atoms with Gasteiger partial charge in [0.25, 0.3) is 10.0 Å². The molecule has 0 bridgehead atoms. The van der Waals surface area contributed by atoms with Gasteiger partial charge in [0.2, 0.25) is 5.95 Å². The SMILES string of the molecule is Cc1c(S(=O)(=O)n2cc(CCNC(=O)O)c(F)c2-c2cccnc2F)cnn1C. The lowest BCUT2D eigenvalue weighted by Crippen LogP contribution is -2.23. The number of hydrogen-bond donors (Lipinski definition) is 2. The number of halogens is 2. The molecular weight excluding hydrogens is 408 g/mol. The van der Waals surface area contributed by atoms with E-state index in [0.717, 1.165) is 18.6 Å². The van der Waals surface area contributed by atoms with E-state index in [1.54, 1.807) is 7.05 Å². The van der Waals surface area contributed by atoms with Gasteiger partial charge in [-0.05, 0) is 25.5 Å². The van der Waals surface area contributed by atoms with Gasteiger partial charge in [0.15, 0.2) is 5.82 Å². The Kier molecular flexibility index (Phi) is 5.38. The van der Waals surface area contributed by atoms with Crippen LogP contribution in [0.2, 0.25) is 0 Å². The van der Waals surface area contributed by atoms with E-state index in [4.69, 9.17) is 5.11 Å². The Labute approximate surface area is 164 Å². The average Bonchev–Trinajstić information content (AvgIpc) is 3.16. The molecule has 3 aromatic heterocycles. The molecule has 0 unspecified atom stereocenters. The Morgan fingerprint density at radius 3 is 2.66 bits per heavy atom. The largest absolute Gasteiger partial charge is 0.465 e. The quantitative estimate of drug-likeness (QED) is 0.583. The van der Waals surface area contributed by atoms with E-state index in [1.807, 2.05) is 0 Å². The molecule has 3 heterocycles. The van der Waals surface area contributed by atoms with Crippen molar-refractivity contribution in [2.24, 2.45) is 7.05 Å². The lowest BCUT2D eigenvalue weighted by Gasteiger charge is -2.10. The van der Waals surface area contributed by atoms with Gasteiger partial charge in [-0.25, -0.2) is 26.6 Å². The molecule has 3 rings (SSSR count). The fourth-order valence-electron chi connectivity index (χ4n) is 2.82. The van der Waals surface area contributed by atoms with E-state index in [0.29, 0.717) is 9.67 Å². The summed E-state index contributed by atoms with van der Waals surface area (Å²) in [6.07, 6.45) is 1.85. The number of nitrogens with one attached hydrogen (secondary N) is 1. The van der Waals surface area contributed by atoms with Crippen LogP contribution in [-0.2, 0) is 23.5 Å². The topological polar surface area (TPSA) is 119 Å². The molecule has 0 radical (unpaired) electrons. The lowest BCUT2D eigenvalue weighted by atomic mass is 10.1. The minimum atomic E-state index is -4.33. The third kappa shape index (κ3) is 3.70. The van der Waals surface area contributed by atoms with Crippen LogP contribution in [-0.4, -0.2) is 44.9 Å². The Morgan fingerprint density at radius 1 is 1.34 bits per heavy atom. The van der Waals surface area contributed by atoms with E-state index in [2.05, 4.69) is 15.4 Å². The second kappa shape index (κ2) is 7.62. The number of aromatic nitrogens is 4. The Hall–Kier alpha value is -3.28. The number of carbonyl (C=O) groups is 1. The third-order valence-electron chi connectivity index (χ3n) is 4.40. The first-order valence-corrected chi connectivity index (χ1v) is 9.80. The maximum Gasteiger partial charge on any atom is 0.404 e. The van der Waals surface area contributed by atoms with Gasteiger partial charge < -0.3 is 10.4 Å². The highest BCUT2D eigenvalue weighted by Crippen LogP contribution is 2.32. The number of nitrogens with zero attached hydrogens (tertiary/aromatic N) is 4. The van der Waals surface area contributed by atoms with Crippen molar-refractivity contribution in [1.29, 1.82) is 0 Å². The molecule has 0 fully saturated rings. The van der Waals surface area contributed by atoms with Gasteiger partial charge in [-0.2, -0.15) is 9.49 Å². The van der Waals surface area contributed by atoms with Crippen LogP contribution in [0.4, 0.5) is 13.6 Å². The van der Waals surface area contributed by atoms with Crippen molar-refractivity contribution in [1.82, 2.24) is 24.1 Å². The van der Waals surface area contributed by atoms with Crippen molar-refractivity contribution in [3.63, 3.8) is 0 Å². The number of rotatable bonds is 6. The number of pyridine rings is 1. The molecule has 1 amide bonds. The fourth-order valence-corrected chi connectivity index (χ4v) is 4.40. The summed E-state index contributed by atoms with van der Waals surface area (Å²) in [5.41, 5.74) is -0.648. The Morgan fingerprint density at radius 2 is 2.07 bits per heavy atom. The molecule has 0 aromatic carbocycles. The fraction of sp³-hybridized carbons (Fsp3) is 0.235. The van der Waals surface area contributed by atoms with Crippen LogP contribution in [0, 0.1) is 18.7 Å². The van der Waals surface area contributed by atoms with Crippen molar-refractivity contribution in [2.75, 3.05) is 6.54 Å². The predicted molar refractivity (Wildman–Crippen MR) is 97.8 cm³/mol. The van der Waals surface area contributed by atoms with Gasteiger partial charge in [0.1, 0.15) is 10.6 Å². The van der Waals surface area contributed by atoms with Crippen molar-refractivity contribution >= 4 is 16.1 Å². The second-order valence-electron chi connectivity index (χ2n) is 6.16. The van der Waals surface area contributed by atoms with Crippen LogP contribution in [0.15, 0.2) is 35.6 Å². The molecule has 0 aliphatic heterocycles. The first-order valence-electron chi connectivity index (χ1n) is 8.36. The van der Waals surface area contributed by atoms with Gasteiger partial charge in [0.05, 0.1) is 17.5 Å². The molecule has 0 saturated carbocycles. The van der Waals surface area contributed by atoms with Crippen molar-refractivity contribution < 1.29 is 27.1 Å². The summed E-state index contributed by atoms with van der Waals surface area (Å²) in [5, 5.41) is 14.6. The zero-order chi connectivity index (χ0) is 21.3. The molecule has 12 heteroatoms. The van der Waals surface area contributed by atoms with E-state index in [9.17, 15) is 17.6 Å². The number of hydrogen-bond acceptors (Lipinski definition) is 5. The van der Waals surface area contributed by atoms with Crippen LogP contribution >= 0.6 is 0 Å². The van der Waals surface area contributed by atoms with E-state index >= 15 is 4.39 Å². The summed E-state index contributed by atoms with van der Waals surface area (Å²) in [4.78, 5) is 13.9. The van der Waals surface area contributed by atoms with Gasteiger partial charge in [0, 0.05) is 31.5 Å². The van der Waals surface area contributed by atoms with Crippen molar-refractivity contribution in [3.05, 3.63) is 53.7 Å². The summed E-state index contributed by atoms with van der Waals surface area (Å²) < 4.78 is 57.8. The first-order chi connectivity index (χ1) is 13.6. The molecule has 0 aliphatic rings. The van der Waals surface area contributed by atoms with Gasteiger partial charge in [-0.1, -0.05) is 0 Å². The molecular formula is C17H17F2N5O4S. The molecule has 2 N–H and O–H groups in total. The smallest absolute Gasteiger partial charge is 0.404 e. The predicted octanol–water partition coefficient (Wildman–Crippen LogP) is 1.92. The van der Waals surface area contributed by atoms with E-state index < -0.39 is 33.6 Å².